The molecule has 0 N–H and O–H groups in total. The van der Waals surface area contributed by atoms with E-state index < -0.39 is 0 Å². The van der Waals surface area contributed by atoms with E-state index in [0.29, 0.717) is 0 Å². The molecule has 308 valence electrons. The van der Waals surface area contributed by atoms with E-state index in [2.05, 4.69) is 240 Å². The highest BCUT2D eigenvalue weighted by Gasteiger charge is 2.21. The van der Waals surface area contributed by atoms with Crippen LogP contribution in [-0.4, -0.2) is 9.13 Å². The van der Waals surface area contributed by atoms with Crippen LogP contribution in [0.5, 0.6) is 0 Å². The molecule has 0 radical (unpaired) electrons. The average molecular weight is 875 g/mol. The van der Waals surface area contributed by atoms with Crippen LogP contribution in [0.4, 0.5) is 0 Å². The lowest BCUT2D eigenvalue weighted by Gasteiger charge is -2.20. The van der Waals surface area contributed by atoms with Gasteiger partial charge >= 0.3 is 0 Å². The van der Waals surface area contributed by atoms with Crippen LogP contribution in [0.2, 0.25) is 0 Å². The fourth-order valence-corrected chi connectivity index (χ4v) is 13.2. The topological polar surface area (TPSA) is 9.86 Å². The summed E-state index contributed by atoms with van der Waals surface area (Å²) in [6.07, 6.45) is 4.42. The minimum Gasteiger partial charge on any atom is -0.314 e. The number of hydrogen-bond acceptors (Lipinski definition) is 2. The Bertz CT molecular complexity index is 4340. The summed E-state index contributed by atoms with van der Waals surface area (Å²) in [5.41, 5.74) is 9.46. The zero-order valence-electron chi connectivity index (χ0n) is 35.7. The van der Waals surface area contributed by atoms with Gasteiger partial charge in [-0.05, 0) is 103 Å². The second-order valence-corrected chi connectivity index (χ2v) is 19.3. The summed E-state index contributed by atoms with van der Waals surface area (Å²) in [4.78, 5) is 0. The number of hydrogen-bond donors (Lipinski definition) is 0. The molecule has 0 bridgehead atoms. The number of fused-ring (bicyclic) bond motifs is 15. The molecule has 0 aliphatic rings. The third kappa shape index (κ3) is 5.59. The molecular formula is C62H38N2S2. The fourth-order valence-electron chi connectivity index (χ4n) is 10.7. The fraction of sp³-hybridized carbons (Fsp3) is 0. The molecule has 11 aromatic carbocycles. The standard InChI is InChI=1S/C62H38N2S2/c1-3-17-39(18-4-1)63-35-36-64(40-19-5-2-6-20-40)56-38-54-48-28-14-27-47(52-32-16-30-50-44-24-10-12-34-58(44)66-62(50)52)60(48)59-45(41-21-7-8-22-42(41)53(54)37-55(56)63)25-13-26-46(59)51-31-15-29-49-43-23-9-11-33-57(43)65-61(49)51/h1-38H. The van der Waals surface area contributed by atoms with E-state index >= 15 is 0 Å². The van der Waals surface area contributed by atoms with Gasteiger partial charge in [0.2, 0.25) is 0 Å². The Morgan fingerprint density at radius 1 is 0.258 bits per heavy atom. The van der Waals surface area contributed by atoms with Gasteiger partial charge in [-0.3, -0.25) is 0 Å². The van der Waals surface area contributed by atoms with Crippen LogP contribution in [0.3, 0.4) is 0 Å². The lowest BCUT2D eigenvalue weighted by Crippen LogP contribution is -2.04. The number of para-hydroxylation sites is 2. The predicted octanol–water partition coefficient (Wildman–Crippen LogP) is 18.2. The number of rotatable bonds is 4. The first kappa shape index (κ1) is 37.4. The highest BCUT2D eigenvalue weighted by Crippen LogP contribution is 2.49. The largest absolute Gasteiger partial charge is 0.314 e. The summed E-state index contributed by atoms with van der Waals surface area (Å²) in [5, 5.41) is 15.0. The first-order chi connectivity index (χ1) is 32.8. The molecule has 14 rings (SSSR count). The number of benzene rings is 10. The minimum atomic E-state index is 1.11. The molecule has 0 amide bonds. The Kier molecular flexibility index (Phi) is 8.36. The van der Waals surface area contributed by atoms with E-state index in [0.717, 1.165) is 22.4 Å². The van der Waals surface area contributed by atoms with Gasteiger partial charge in [-0.25, -0.2) is 0 Å². The van der Waals surface area contributed by atoms with Gasteiger partial charge in [0.1, 0.15) is 0 Å². The van der Waals surface area contributed by atoms with Gasteiger partial charge in [-0.1, -0.05) is 170 Å². The molecular weight excluding hydrogens is 837 g/mol. The van der Waals surface area contributed by atoms with Crippen molar-refractivity contribution in [2.45, 2.75) is 0 Å². The van der Waals surface area contributed by atoms with Crippen molar-refractivity contribution in [3.63, 3.8) is 0 Å². The van der Waals surface area contributed by atoms with Crippen LogP contribution in [-0.2, 0) is 0 Å². The molecule has 3 aromatic heterocycles. The molecule has 0 aliphatic heterocycles. The molecule has 3 heterocycles. The van der Waals surface area contributed by atoms with Gasteiger partial charge < -0.3 is 9.13 Å². The van der Waals surface area contributed by atoms with Crippen molar-refractivity contribution in [1.29, 1.82) is 0 Å². The number of thiophene rings is 2. The summed E-state index contributed by atoms with van der Waals surface area (Å²) in [7, 11) is 0. The van der Waals surface area contributed by atoms with Crippen molar-refractivity contribution in [3.05, 3.63) is 231 Å². The van der Waals surface area contributed by atoms with E-state index in [1.807, 2.05) is 22.7 Å². The van der Waals surface area contributed by atoms with Crippen molar-refractivity contribution in [2.75, 3.05) is 0 Å². The van der Waals surface area contributed by atoms with Crippen LogP contribution < -0.4 is 0 Å². The van der Waals surface area contributed by atoms with Gasteiger partial charge in [0.05, 0.1) is 11.0 Å². The van der Waals surface area contributed by atoms with Gasteiger partial charge in [0.15, 0.2) is 0 Å². The van der Waals surface area contributed by atoms with Gasteiger partial charge in [-0.15, -0.1) is 22.7 Å². The Morgan fingerprint density at radius 2 is 0.606 bits per heavy atom. The van der Waals surface area contributed by atoms with Crippen LogP contribution in [0.15, 0.2) is 231 Å². The molecule has 0 atom stereocenters. The van der Waals surface area contributed by atoms with Gasteiger partial charge in [-0.2, -0.15) is 0 Å². The van der Waals surface area contributed by atoms with E-state index in [4.69, 9.17) is 0 Å². The molecule has 0 saturated carbocycles. The minimum absolute atomic E-state index is 1.11. The molecule has 2 nitrogen and oxygen atoms in total. The smallest absolute Gasteiger partial charge is 0.0703 e. The molecule has 4 heteroatoms. The monoisotopic (exact) mass is 874 g/mol. The summed E-state index contributed by atoms with van der Waals surface area (Å²) < 4.78 is 9.93. The maximum absolute atomic E-state index is 2.47. The second-order valence-electron chi connectivity index (χ2n) is 17.2. The zero-order valence-corrected chi connectivity index (χ0v) is 37.3. The van der Waals surface area contributed by atoms with Crippen molar-refractivity contribution >= 4 is 117 Å². The summed E-state index contributed by atoms with van der Waals surface area (Å²) in [5.74, 6) is 0. The molecule has 0 unspecified atom stereocenters. The van der Waals surface area contributed by atoms with Crippen molar-refractivity contribution in [1.82, 2.24) is 9.13 Å². The van der Waals surface area contributed by atoms with E-state index in [9.17, 15) is 0 Å². The first-order valence-electron chi connectivity index (χ1n) is 22.5. The molecule has 14 aromatic rings. The van der Waals surface area contributed by atoms with Gasteiger partial charge in [0, 0.05) is 75.2 Å². The average Bonchev–Trinajstić information content (AvgIpc) is 3.97. The Balaban J connectivity index is 1.24. The predicted molar refractivity (Wildman–Crippen MR) is 287 cm³/mol. The lowest BCUT2D eigenvalue weighted by molar-refractivity contribution is 1.01. The summed E-state index contributed by atoms with van der Waals surface area (Å²) >= 11 is 3.80. The highest BCUT2D eigenvalue weighted by molar-refractivity contribution is 7.26. The number of aromatic nitrogens is 2. The Hall–Kier alpha value is -8.02. The van der Waals surface area contributed by atoms with Crippen LogP contribution >= 0.6 is 22.7 Å². The van der Waals surface area contributed by atoms with E-state index in [1.54, 1.807) is 0 Å². The zero-order chi connectivity index (χ0) is 43.3. The maximum atomic E-state index is 2.47. The van der Waals surface area contributed by atoms with Crippen LogP contribution in [0, 0.1) is 0 Å². The van der Waals surface area contributed by atoms with Crippen LogP contribution in [0.25, 0.3) is 128 Å². The molecule has 0 spiro atoms. The number of nitrogens with zero attached hydrogens (tertiary/aromatic N) is 2. The van der Waals surface area contributed by atoms with Crippen molar-refractivity contribution < 1.29 is 0 Å². The normalized spacial score (nSPS) is 11.9. The summed E-state index contributed by atoms with van der Waals surface area (Å²) in [6.45, 7) is 0. The van der Waals surface area contributed by atoms with Crippen molar-refractivity contribution in [2.24, 2.45) is 0 Å². The molecule has 0 aliphatic carbocycles. The lowest BCUT2D eigenvalue weighted by atomic mass is 9.86. The highest BCUT2D eigenvalue weighted by atomic mass is 32.1. The Morgan fingerprint density at radius 3 is 1.09 bits per heavy atom. The van der Waals surface area contributed by atoms with Crippen LogP contribution in [0.1, 0.15) is 0 Å². The summed E-state index contributed by atoms with van der Waals surface area (Å²) in [6, 6.07) is 81.1. The SMILES string of the molecule is c1ccc(-n2ccn(-c3ccccc3)c3cc4c(cc32)c2ccccc2c2cccc(-c3cccc5c3sc3ccccc35)c2c2c(-c3cccc5c3sc3ccccc35)cccc42)cc1. The van der Waals surface area contributed by atoms with E-state index in [1.165, 1.54) is 106 Å². The van der Waals surface area contributed by atoms with E-state index in [-0.39, 0.29) is 0 Å². The maximum Gasteiger partial charge on any atom is 0.0703 e. The Labute approximate surface area is 388 Å². The quantitative estimate of drug-likeness (QED) is 0.167. The molecule has 66 heavy (non-hydrogen) atoms. The molecule has 0 saturated heterocycles. The molecule has 0 fully saturated rings. The second kappa shape index (κ2) is 14.8. The first-order valence-corrected chi connectivity index (χ1v) is 24.1. The third-order valence-electron chi connectivity index (χ3n) is 13.6. The third-order valence-corrected chi connectivity index (χ3v) is 16.1. The van der Waals surface area contributed by atoms with Gasteiger partial charge in [0.25, 0.3) is 0 Å². The van der Waals surface area contributed by atoms with Crippen molar-refractivity contribution in [3.8, 4) is 33.6 Å².